The first-order valence-corrected chi connectivity index (χ1v) is 11.4. The van der Waals surface area contributed by atoms with E-state index < -0.39 is 0 Å². The summed E-state index contributed by atoms with van der Waals surface area (Å²) in [5.41, 5.74) is 5.63. The van der Waals surface area contributed by atoms with Crippen molar-refractivity contribution in [2.45, 2.75) is 13.8 Å². The summed E-state index contributed by atoms with van der Waals surface area (Å²) < 4.78 is 7.11. The van der Waals surface area contributed by atoms with Crippen molar-refractivity contribution in [3.05, 3.63) is 94.8 Å². The van der Waals surface area contributed by atoms with Gasteiger partial charge in [-0.05, 0) is 37.6 Å². The van der Waals surface area contributed by atoms with E-state index in [1.165, 1.54) is 0 Å². The second-order valence-corrected chi connectivity index (χ2v) is 8.25. The molecule has 0 N–H and O–H groups in total. The van der Waals surface area contributed by atoms with E-state index in [2.05, 4.69) is 36.1 Å². The van der Waals surface area contributed by atoms with E-state index in [-0.39, 0.29) is 5.56 Å². The van der Waals surface area contributed by atoms with Crippen molar-refractivity contribution in [3.63, 3.8) is 0 Å². The van der Waals surface area contributed by atoms with Crippen LogP contribution in [0, 0.1) is 0 Å². The van der Waals surface area contributed by atoms with Crippen LogP contribution in [0.2, 0.25) is 0 Å². The molecule has 0 aliphatic carbocycles. The van der Waals surface area contributed by atoms with Crippen LogP contribution in [0.5, 0.6) is 0 Å². The van der Waals surface area contributed by atoms with E-state index in [1.54, 1.807) is 4.68 Å². The number of ether oxygens (including phenoxy) is 1. The molecule has 0 amide bonds. The second kappa shape index (κ2) is 9.04. The molecular formula is C28H27N3O2. The van der Waals surface area contributed by atoms with E-state index in [0.29, 0.717) is 18.6 Å². The van der Waals surface area contributed by atoms with Gasteiger partial charge in [0.2, 0.25) is 0 Å². The van der Waals surface area contributed by atoms with Gasteiger partial charge in [-0.2, -0.15) is 9.78 Å². The van der Waals surface area contributed by atoms with Crippen LogP contribution >= 0.6 is 0 Å². The topological polar surface area (TPSA) is 47.4 Å². The number of allylic oxidation sites excluding steroid dienone is 2. The van der Waals surface area contributed by atoms with E-state index >= 15 is 0 Å². The van der Waals surface area contributed by atoms with E-state index in [4.69, 9.17) is 9.84 Å². The van der Waals surface area contributed by atoms with Crippen LogP contribution in [-0.4, -0.2) is 36.1 Å². The van der Waals surface area contributed by atoms with Crippen LogP contribution in [0.1, 0.15) is 19.4 Å². The molecule has 0 unspecified atom stereocenters. The first-order chi connectivity index (χ1) is 16.2. The Morgan fingerprint density at radius 3 is 2.36 bits per heavy atom. The minimum absolute atomic E-state index is 0.116. The number of fused-ring (bicyclic) bond motifs is 1. The molecule has 3 aromatic carbocycles. The van der Waals surface area contributed by atoms with Crippen molar-refractivity contribution in [2.75, 3.05) is 31.2 Å². The van der Waals surface area contributed by atoms with Crippen molar-refractivity contribution in [1.82, 2.24) is 9.78 Å². The molecule has 5 heteroatoms. The summed E-state index contributed by atoms with van der Waals surface area (Å²) in [4.78, 5) is 16.0. The van der Waals surface area contributed by atoms with Crippen molar-refractivity contribution in [2.24, 2.45) is 0 Å². The van der Waals surface area contributed by atoms with Gasteiger partial charge in [-0.1, -0.05) is 60.7 Å². The van der Waals surface area contributed by atoms with Crippen LogP contribution < -0.4 is 10.5 Å². The third-order valence-corrected chi connectivity index (χ3v) is 6.30. The lowest BCUT2D eigenvalue weighted by Gasteiger charge is -2.29. The summed E-state index contributed by atoms with van der Waals surface area (Å²) in [7, 11) is 0. The van der Waals surface area contributed by atoms with E-state index in [0.717, 1.165) is 52.2 Å². The van der Waals surface area contributed by atoms with Crippen molar-refractivity contribution >= 4 is 22.0 Å². The third kappa shape index (κ3) is 3.96. The maximum absolute atomic E-state index is 13.7. The van der Waals surface area contributed by atoms with Gasteiger partial charge in [0.25, 0.3) is 5.56 Å². The van der Waals surface area contributed by atoms with Gasteiger partial charge in [-0.25, -0.2) is 0 Å². The van der Waals surface area contributed by atoms with Crippen molar-refractivity contribution < 1.29 is 4.74 Å². The van der Waals surface area contributed by atoms with E-state index in [9.17, 15) is 4.79 Å². The fourth-order valence-corrected chi connectivity index (χ4v) is 4.36. The Kier molecular flexibility index (Phi) is 5.80. The van der Waals surface area contributed by atoms with Gasteiger partial charge in [0.1, 0.15) is 0 Å². The molecule has 2 heterocycles. The summed E-state index contributed by atoms with van der Waals surface area (Å²) in [6, 6.07) is 24.1. The normalized spacial score (nSPS) is 14.6. The zero-order valence-electron chi connectivity index (χ0n) is 19.0. The molecule has 0 spiro atoms. The largest absolute Gasteiger partial charge is 0.378 e. The highest BCUT2D eigenvalue weighted by Crippen LogP contribution is 2.30. The molecule has 0 bridgehead atoms. The molecule has 0 atom stereocenters. The Morgan fingerprint density at radius 1 is 0.939 bits per heavy atom. The van der Waals surface area contributed by atoms with Crippen LogP contribution in [0.15, 0.2) is 83.7 Å². The number of anilines is 1. The number of hydrogen-bond acceptors (Lipinski definition) is 4. The minimum atomic E-state index is -0.116. The molecule has 1 aliphatic heterocycles. The first-order valence-electron chi connectivity index (χ1n) is 11.4. The Labute approximate surface area is 193 Å². The molecule has 0 saturated carbocycles. The molecule has 1 fully saturated rings. The van der Waals surface area contributed by atoms with E-state index in [1.807, 2.05) is 61.5 Å². The molecule has 4 aromatic rings. The highest BCUT2D eigenvalue weighted by atomic mass is 16.5. The summed E-state index contributed by atoms with van der Waals surface area (Å²) in [5.74, 6) is 0. The smallest absolute Gasteiger partial charge is 0.279 e. The van der Waals surface area contributed by atoms with Gasteiger partial charge in [0, 0.05) is 35.3 Å². The molecule has 33 heavy (non-hydrogen) atoms. The number of aromatic nitrogens is 2. The zero-order chi connectivity index (χ0) is 22.8. The van der Waals surface area contributed by atoms with Gasteiger partial charge >= 0.3 is 0 Å². The first kappa shape index (κ1) is 21.2. The van der Waals surface area contributed by atoms with Crippen LogP contribution in [0.4, 0.5) is 5.69 Å². The molecular weight excluding hydrogens is 410 g/mol. The predicted molar refractivity (Wildman–Crippen MR) is 135 cm³/mol. The highest BCUT2D eigenvalue weighted by molar-refractivity contribution is 5.94. The Bertz CT molecular complexity index is 1380. The summed E-state index contributed by atoms with van der Waals surface area (Å²) >= 11 is 0. The Hall–Kier alpha value is -3.70. The maximum atomic E-state index is 13.7. The van der Waals surface area contributed by atoms with Gasteiger partial charge in [-0.3, -0.25) is 4.79 Å². The number of hydrogen-bond donors (Lipinski definition) is 0. The molecule has 1 aromatic heterocycles. The number of benzene rings is 3. The van der Waals surface area contributed by atoms with Crippen molar-refractivity contribution in [1.29, 1.82) is 0 Å². The van der Waals surface area contributed by atoms with Gasteiger partial charge < -0.3 is 9.64 Å². The fraction of sp³-hybridized carbons (Fsp3) is 0.214. The lowest BCUT2D eigenvalue weighted by Crippen LogP contribution is -2.36. The standard InChI is InChI=1S/C28H27N3O2/c1-3-20(2)23-14-13-22(30-15-17-33-18-16-30)19-26(23)31-28(32)25-12-8-7-11-24(25)27(29-31)21-9-5-4-6-10-21/h3-14,19H,15-18H2,1-2H3/b20-3+. The van der Waals surface area contributed by atoms with Crippen LogP contribution in [0.3, 0.4) is 0 Å². The lowest BCUT2D eigenvalue weighted by molar-refractivity contribution is 0.122. The monoisotopic (exact) mass is 437 g/mol. The highest BCUT2D eigenvalue weighted by Gasteiger charge is 2.18. The fourth-order valence-electron chi connectivity index (χ4n) is 4.36. The van der Waals surface area contributed by atoms with Gasteiger partial charge in [-0.15, -0.1) is 0 Å². The SMILES string of the molecule is C/C=C(\C)c1ccc(N2CCOCC2)cc1-n1nc(-c2ccccc2)c2ccccc2c1=O. The second-order valence-electron chi connectivity index (χ2n) is 8.25. The zero-order valence-corrected chi connectivity index (χ0v) is 19.0. The maximum Gasteiger partial charge on any atom is 0.279 e. The van der Waals surface area contributed by atoms with Gasteiger partial charge in [0.05, 0.1) is 30.0 Å². The summed E-state index contributed by atoms with van der Waals surface area (Å²) in [5, 5.41) is 6.46. The van der Waals surface area contributed by atoms with Crippen molar-refractivity contribution in [3.8, 4) is 16.9 Å². The minimum Gasteiger partial charge on any atom is -0.378 e. The summed E-state index contributed by atoms with van der Waals surface area (Å²) in [6.07, 6.45) is 2.07. The quantitative estimate of drug-likeness (QED) is 0.434. The van der Waals surface area contributed by atoms with Gasteiger partial charge in [0.15, 0.2) is 0 Å². The summed E-state index contributed by atoms with van der Waals surface area (Å²) in [6.45, 7) is 7.15. The third-order valence-electron chi connectivity index (χ3n) is 6.30. The number of morpholine rings is 1. The molecule has 5 rings (SSSR count). The average molecular weight is 438 g/mol. The Morgan fingerprint density at radius 2 is 1.64 bits per heavy atom. The molecule has 1 aliphatic rings. The predicted octanol–water partition coefficient (Wildman–Crippen LogP) is 5.31. The lowest BCUT2D eigenvalue weighted by atomic mass is 10.0. The van der Waals surface area contributed by atoms with Crippen LogP contribution in [0.25, 0.3) is 33.3 Å². The molecule has 1 saturated heterocycles. The number of nitrogens with zero attached hydrogens (tertiary/aromatic N) is 3. The molecule has 5 nitrogen and oxygen atoms in total. The average Bonchev–Trinajstić information content (AvgIpc) is 2.89. The van der Waals surface area contributed by atoms with Crippen LogP contribution in [-0.2, 0) is 4.74 Å². The Balaban J connectivity index is 1.79. The number of rotatable bonds is 4. The molecule has 166 valence electrons. The molecule has 0 radical (unpaired) electrons.